The lowest BCUT2D eigenvalue weighted by Gasteiger charge is -2.37. The first-order chi connectivity index (χ1) is 11.8. The van der Waals surface area contributed by atoms with Gasteiger partial charge in [-0.15, -0.1) is 5.10 Å². The van der Waals surface area contributed by atoms with E-state index in [-0.39, 0.29) is 11.9 Å². The van der Waals surface area contributed by atoms with Crippen LogP contribution in [0.1, 0.15) is 5.56 Å². The zero-order valence-corrected chi connectivity index (χ0v) is 13.9. The van der Waals surface area contributed by atoms with E-state index in [1.54, 1.807) is 6.07 Å². The summed E-state index contributed by atoms with van der Waals surface area (Å²) in [6, 6.07) is 5.34. The van der Waals surface area contributed by atoms with Crippen LogP contribution in [0.5, 0.6) is 0 Å². The standard InChI is InChI=1S/C14H16F3N7S/c15-14(16,17)9-2-1-3-10(8-9)23-4-6-24(7-5-23)13(25)20-12-19-11(18)21-22-12/h1-3,8H,4-7H2,(H4,18,19,20,21,22,25). The lowest BCUT2D eigenvalue weighted by atomic mass is 10.1. The molecule has 0 unspecified atom stereocenters. The van der Waals surface area contributed by atoms with Gasteiger partial charge in [-0.3, -0.25) is 5.32 Å². The van der Waals surface area contributed by atoms with E-state index in [2.05, 4.69) is 20.5 Å². The van der Waals surface area contributed by atoms with Crippen LogP contribution in [-0.2, 0) is 6.18 Å². The molecule has 1 aliphatic heterocycles. The van der Waals surface area contributed by atoms with Crippen molar-refractivity contribution in [2.24, 2.45) is 0 Å². The molecule has 1 saturated heterocycles. The summed E-state index contributed by atoms with van der Waals surface area (Å²) in [5, 5.41) is 9.66. The average Bonchev–Trinajstić information content (AvgIpc) is 2.99. The van der Waals surface area contributed by atoms with Crippen molar-refractivity contribution >= 4 is 34.9 Å². The highest BCUT2D eigenvalue weighted by molar-refractivity contribution is 7.80. The quantitative estimate of drug-likeness (QED) is 0.696. The number of rotatable bonds is 2. The molecule has 1 aromatic carbocycles. The van der Waals surface area contributed by atoms with E-state index in [0.717, 1.165) is 6.07 Å². The van der Waals surface area contributed by atoms with Crippen molar-refractivity contribution in [2.45, 2.75) is 6.18 Å². The Hall–Kier alpha value is -2.56. The predicted molar refractivity (Wildman–Crippen MR) is 92.2 cm³/mol. The lowest BCUT2D eigenvalue weighted by Crippen LogP contribution is -2.50. The number of nitrogens with one attached hydrogen (secondary N) is 2. The van der Waals surface area contributed by atoms with Crippen LogP contribution < -0.4 is 16.0 Å². The molecule has 0 spiro atoms. The number of aromatic amines is 1. The maximum atomic E-state index is 12.8. The Morgan fingerprint density at radius 2 is 1.96 bits per heavy atom. The molecule has 0 atom stereocenters. The van der Waals surface area contributed by atoms with Crippen molar-refractivity contribution in [3.63, 3.8) is 0 Å². The third-order valence-corrected chi connectivity index (χ3v) is 4.19. The van der Waals surface area contributed by atoms with Crippen LogP contribution in [0.4, 0.5) is 30.8 Å². The van der Waals surface area contributed by atoms with Gasteiger partial charge in [-0.1, -0.05) is 6.07 Å². The fourth-order valence-corrected chi connectivity index (χ4v) is 2.83. The minimum atomic E-state index is -4.35. The molecule has 0 aliphatic carbocycles. The molecule has 1 fully saturated rings. The number of thiocarbonyl (C=S) groups is 1. The maximum Gasteiger partial charge on any atom is 0.416 e. The van der Waals surface area contributed by atoms with Crippen LogP contribution in [0.25, 0.3) is 0 Å². The van der Waals surface area contributed by atoms with E-state index in [1.165, 1.54) is 12.1 Å². The average molecular weight is 371 g/mol. The van der Waals surface area contributed by atoms with Crippen molar-refractivity contribution in [1.29, 1.82) is 0 Å². The molecule has 1 aromatic heterocycles. The van der Waals surface area contributed by atoms with Gasteiger partial charge in [0.2, 0.25) is 11.9 Å². The molecule has 0 bridgehead atoms. The third kappa shape index (κ3) is 4.10. The first kappa shape index (κ1) is 17.3. The maximum absolute atomic E-state index is 12.8. The van der Waals surface area contributed by atoms with E-state index in [1.807, 2.05) is 9.80 Å². The Balaban J connectivity index is 1.59. The van der Waals surface area contributed by atoms with Gasteiger partial charge in [-0.25, -0.2) is 5.10 Å². The third-order valence-electron chi connectivity index (χ3n) is 3.83. The number of aromatic nitrogens is 3. The van der Waals surface area contributed by atoms with Gasteiger partial charge in [0.1, 0.15) is 0 Å². The van der Waals surface area contributed by atoms with Gasteiger partial charge in [0.05, 0.1) is 5.56 Å². The van der Waals surface area contributed by atoms with Crippen LogP contribution >= 0.6 is 12.2 Å². The van der Waals surface area contributed by atoms with Gasteiger partial charge in [-0.2, -0.15) is 18.2 Å². The zero-order chi connectivity index (χ0) is 18.0. The number of alkyl halides is 3. The number of hydrogen-bond donors (Lipinski definition) is 3. The number of nitrogens with two attached hydrogens (primary N) is 1. The van der Waals surface area contributed by atoms with Crippen LogP contribution in [0.2, 0.25) is 0 Å². The highest BCUT2D eigenvalue weighted by Gasteiger charge is 2.31. The van der Waals surface area contributed by atoms with Gasteiger partial charge in [0, 0.05) is 31.9 Å². The van der Waals surface area contributed by atoms with Crippen molar-refractivity contribution in [3.8, 4) is 0 Å². The van der Waals surface area contributed by atoms with Gasteiger partial charge < -0.3 is 15.5 Å². The van der Waals surface area contributed by atoms with Crippen molar-refractivity contribution in [3.05, 3.63) is 29.8 Å². The number of piperazine rings is 1. The second-order valence-corrected chi connectivity index (χ2v) is 5.88. The molecular weight excluding hydrogens is 355 g/mol. The Labute approximate surface area is 147 Å². The molecule has 2 aromatic rings. The molecule has 134 valence electrons. The summed E-state index contributed by atoms with van der Waals surface area (Å²) >= 11 is 5.30. The summed E-state index contributed by atoms with van der Waals surface area (Å²) in [6.07, 6.45) is -4.35. The predicted octanol–water partition coefficient (Wildman–Crippen LogP) is 1.92. The number of benzene rings is 1. The Morgan fingerprint density at radius 3 is 2.56 bits per heavy atom. The largest absolute Gasteiger partial charge is 0.416 e. The number of hydrogen-bond acceptors (Lipinski definition) is 5. The van der Waals surface area contributed by atoms with Gasteiger partial charge >= 0.3 is 6.18 Å². The summed E-state index contributed by atoms with van der Waals surface area (Å²) < 4.78 is 38.5. The lowest BCUT2D eigenvalue weighted by molar-refractivity contribution is -0.137. The number of halogens is 3. The van der Waals surface area contributed by atoms with Crippen LogP contribution in [0.3, 0.4) is 0 Å². The topological polar surface area (TPSA) is 86.1 Å². The van der Waals surface area contributed by atoms with Crippen molar-refractivity contribution in [1.82, 2.24) is 20.1 Å². The van der Waals surface area contributed by atoms with Crippen LogP contribution in [0.15, 0.2) is 24.3 Å². The first-order valence-electron chi connectivity index (χ1n) is 7.49. The second-order valence-electron chi connectivity index (χ2n) is 5.50. The molecule has 0 amide bonds. The molecule has 2 heterocycles. The van der Waals surface area contributed by atoms with E-state index < -0.39 is 11.7 Å². The SMILES string of the molecule is Nc1nc(NC(=S)N2CCN(c3cccc(C(F)(F)F)c3)CC2)n[nH]1. The summed E-state index contributed by atoms with van der Waals surface area (Å²) in [4.78, 5) is 7.72. The zero-order valence-electron chi connectivity index (χ0n) is 13.0. The van der Waals surface area contributed by atoms with E-state index in [4.69, 9.17) is 18.0 Å². The first-order valence-corrected chi connectivity index (χ1v) is 7.90. The minimum Gasteiger partial charge on any atom is -0.368 e. The Morgan fingerprint density at radius 1 is 1.24 bits per heavy atom. The van der Waals surface area contributed by atoms with Gasteiger partial charge in [0.15, 0.2) is 5.11 Å². The van der Waals surface area contributed by atoms with Crippen molar-refractivity contribution in [2.75, 3.05) is 42.1 Å². The molecule has 7 nitrogen and oxygen atoms in total. The van der Waals surface area contributed by atoms with E-state index in [0.29, 0.717) is 37.0 Å². The summed E-state index contributed by atoms with van der Waals surface area (Å²) in [7, 11) is 0. The molecule has 4 N–H and O–H groups in total. The number of anilines is 3. The fourth-order valence-electron chi connectivity index (χ4n) is 2.55. The minimum absolute atomic E-state index is 0.180. The number of H-pyrrole nitrogens is 1. The normalized spacial score (nSPS) is 15.3. The Kier molecular flexibility index (Phi) is 4.66. The number of nitrogen functional groups attached to an aromatic ring is 1. The molecule has 11 heteroatoms. The smallest absolute Gasteiger partial charge is 0.368 e. The second kappa shape index (κ2) is 6.75. The molecular formula is C14H16F3N7S. The molecule has 3 rings (SSSR count). The van der Waals surface area contributed by atoms with E-state index in [9.17, 15) is 13.2 Å². The van der Waals surface area contributed by atoms with E-state index >= 15 is 0 Å². The van der Waals surface area contributed by atoms with Crippen molar-refractivity contribution < 1.29 is 13.2 Å². The van der Waals surface area contributed by atoms with Gasteiger partial charge in [0.25, 0.3) is 0 Å². The monoisotopic (exact) mass is 371 g/mol. The van der Waals surface area contributed by atoms with Crippen LogP contribution in [0, 0.1) is 0 Å². The highest BCUT2D eigenvalue weighted by Crippen LogP contribution is 2.31. The van der Waals surface area contributed by atoms with Crippen LogP contribution in [-0.4, -0.2) is 51.4 Å². The summed E-state index contributed by atoms with van der Waals surface area (Å²) in [5.41, 5.74) is 5.35. The summed E-state index contributed by atoms with van der Waals surface area (Å²) in [5.74, 6) is 0.461. The number of nitrogens with zero attached hydrogens (tertiary/aromatic N) is 4. The fraction of sp³-hybridized carbons (Fsp3) is 0.357. The summed E-state index contributed by atoms with van der Waals surface area (Å²) in [6.45, 7) is 2.25. The Bertz CT molecular complexity index is 753. The highest BCUT2D eigenvalue weighted by atomic mass is 32.1. The molecule has 25 heavy (non-hydrogen) atoms. The molecule has 0 radical (unpaired) electrons. The molecule has 0 saturated carbocycles. The van der Waals surface area contributed by atoms with Gasteiger partial charge in [-0.05, 0) is 30.4 Å². The molecule has 1 aliphatic rings.